The first-order valence-electron chi connectivity index (χ1n) is 7.21. The Kier molecular flexibility index (Phi) is 5.38. The predicted molar refractivity (Wildman–Crippen MR) is 79.1 cm³/mol. The molecule has 0 amide bonds. The van der Waals surface area contributed by atoms with Crippen LogP contribution in [0.1, 0.15) is 49.5 Å². The van der Waals surface area contributed by atoms with Crippen molar-refractivity contribution in [2.24, 2.45) is 12.8 Å². The summed E-state index contributed by atoms with van der Waals surface area (Å²) in [6, 6.07) is 4.31. The van der Waals surface area contributed by atoms with Gasteiger partial charge in [-0.25, -0.2) is 0 Å². The Labute approximate surface area is 120 Å². The van der Waals surface area contributed by atoms with Gasteiger partial charge in [0.05, 0.1) is 18.2 Å². The van der Waals surface area contributed by atoms with Crippen LogP contribution >= 0.6 is 0 Å². The highest BCUT2D eigenvalue weighted by atomic mass is 16.3. The van der Waals surface area contributed by atoms with Gasteiger partial charge in [-0.15, -0.1) is 0 Å². The van der Waals surface area contributed by atoms with Gasteiger partial charge in [0.25, 0.3) is 0 Å². The Hall–Kier alpha value is -1.59. The van der Waals surface area contributed by atoms with Crippen LogP contribution in [0, 0.1) is 0 Å². The molecule has 2 unspecified atom stereocenters. The van der Waals surface area contributed by atoms with E-state index in [0.717, 1.165) is 31.5 Å². The highest BCUT2D eigenvalue weighted by Crippen LogP contribution is 2.23. The summed E-state index contributed by atoms with van der Waals surface area (Å²) in [5.41, 5.74) is 8.52. The molecule has 0 spiro atoms. The topological polar surface area (TPSA) is 69.0 Å². The van der Waals surface area contributed by atoms with Crippen LogP contribution in [0.25, 0.3) is 0 Å². The van der Waals surface area contributed by atoms with Crippen LogP contribution in [0.5, 0.6) is 0 Å². The lowest BCUT2D eigenvalue weighted by atomic mass is 10.00. The summed E-state index contributed by atoms with van der Waals surface area (Å²) >= 11 is 0. The molecule has 0 aliphatic carbocycles. The van der Waals surface area contributed by atoms with E-state index in [1.54, 1.807) is 12.5 Å². The molecule has 2 aromatic rings. The third-order valence-corrected chi connectivity index (χ3v) is 3.59. The fraction of sp³-hybridized carbons (Fsp3) is 0.533. The summed E-state index contributed by atoms with van der Waals surface area (Å²) < 4.78 is 7.03. The summed E-state index contributed by atoms with van der Waals surface area (Å²) in [5, 5.41) is 7.72. The smallest absolute Gasteiger partial charge is 0.0950 e. The molecule has 0 fully saturated rings. The van der Waals surface area contributed by atoms with E-state index in [9.17, 15) is 0 Å². The van der Waals surface area contributed by atoms with Crippen LogP contribution < -0.4 is 11.1 Å². The van der Waals surface area contributed by atoms with Gasteiger partial charge in [-0.05, 0) is 37.9 Å². The number of nitrogens with two attached hydrogens (primary N) is 1. The summed E-state index contributed by atoms with van der Waals surface area (Å²) in [6.07, 6.45) is 8.32. The van der Waals surface area contributed by atoms with E-state index in [4.69, 9.17) is 10.2 Å². The van der Waals surface area contributed by atoms with Gasteiger partial charge in [-0.3, -0.25) is 4.68 Å². The maximum atomic E-state index is 6.26. The molecule has 0 saturated heterocycles. The fourth-order valence-electron chi connectivity index (χ4n) is 2.42. The average molecular weight is 276 g/mol. The van der Waals surface area contributed by atoms with E-state index >= 15 is 0 Å². The van der Waals surface area contributed by atoms with Crippen molar-refractivity contribution < 1.29 is 4.42 Å². The molecular formula is C15H24N4O. The van der Waals surface area contributed by atoms with Crippen LogP contribution in [0.15, 0.2) is 35.3 Å². The zero-order chi connectivity index (χ0) is 14.4. The van der Waals surface area contributed by atoms with Crippen LogP contribution in [-0.2, 0) is 7.05 Å². The van der Waals surface area contributed by atoms with Crippen molar-refractivity contribution in [3.05, 3.63) is 42.1 Å². The van der Waals surface area contributed by atoms with Gasteiger partial charge in [0.15, 0.2) is 0 Å². The second-order valence-electron chi connectivity index (χ2n) is 5.13. The monoisotopic (exact) mass is 276 g/mol. The lowest BCUT2D eigenvalue weighted by Gasteiger charge is -2.19. The van der Waals surface area contributed by atoms with Crippen molar-refractivity contribution in [1.29, 1.82) is 0 Å². The summed E-state index contributed by atoms with van der Waals surface area (Å²) in [7, 11) is 1.93. The number of nitrogens with one attached hydrogen (secondary N) is 1. The highest BCUT2D eigenvalue weighted by molar-refractivity contribution is 5.12. The minimum Gasteiger partial charge on any atom is -0.472 e. The Bertz CT molecular complexity index is 492. The second-order valence-corrected chi connectivity index (χ2v) is 5.13. The third-order valence-electron chi connectivity index (χ3n) is 3.59. The van der Waals surface area contributed by atoms with Crippen molar-refractivity contribution in [2.75, 3.05) is 6.54 Å². The van der Waals surface area contributed by atoms with E-state index in [2.05, 4.69) is 17.3 Å². The Morgan fingerprint density at radius 3 is 2.85 bits per heavy atom. The van der Waals surface area contributed by atoms with Crippen molar-refractivity contribution in [1.82, 2.24) is 15.1 Å². The molecule has 5 nitrogen and oxygen atoms in total. The zero-order valence-electron chi connectivity index (χ0n) is 12.2. The molecule has 0 radical (unpaired) electrons. The minimum atomic E-state index is 0.0142. The molecule has 0 bridgehead atoms. The molecule has 2 aromatic heterocycles. The number of furan rings is 1. The number of rotatable bonds is 8. The van der Waals surface area contributed by atoms with E-state index < -0.39 is 0 Å². The first kappa shape index (κ1) is 14.8. The Morgan fingerprint density at radius 1 is 1.40 bits per heavy atom. The van der Waals surface area contributed by atoms with Gasteiger partial charge in [0, 0.05) is 30.9 Å². The van der Waals surface area contributed by atoms with Crippen LogP contribution in [0.4, 0.5) is 0 Å². The quantitative estimate of drug-likeness (QED) is 0.777. The van der Waals surface area contributed by atoms with Crippen LogP contribution in [0.3, 0.4) is 0 Å². The molecule has 110 valence electrons. The van der Waals surface area contributed by atoms with Crippen LogP contribution in [0.2, 0.25) is 0 Å². The fourth-order valence-corrected chi connectivity index (χ4v) is 2.42. The van der Waals surface area contributed by atoms with Gasteiger partial charge in [-0.2, -0.15) is 5.10 Å². The van der Waals surface area contributed by atoms with Crippen molar-refractivity contribution in [3.8, 4) is 0 Å². The van der Waals surface area contributed by atoms with E-state index in [1.165, 1.54) is 5.56 Å². The number of hydrogen-bond acceptors (Lipinski definition) is 4. The molecule has 2 heterocycles. The van der Waals surface area contributed by atoms with Gasteiger partial charge in [0.1, 0.15) is 0 Å². The van der Waals surface area contributed by atoms with Gasteiger partial charge in [0.2, 0.25) is 0 Å². The normalized spacial score (nSPS) is 14.3. The number of nitrogens with zero attached hydrogens (tertiary/aromatic N) is 2. The average Bonchev–Trinajstić information content (AvgIpc) is 3.10. The number of hydrogen-bond donors (Lipinski definition) is 2. The van der Waals surface area contributed by atoms with E-state index in [0.29, 0.717) is 6.04 Å². The van der Waals surface area contributed by atoms with Crippen molar-refractivity contribution in [3.63, 3.8) is 0 Å². The molecule has 0 aliphatic rings. The molecule has 5 heteroatoms. The SMILES string of the molecule is CCCNC(CCC(N)c1ccnn1C)c1ccoc1. The third kappa shape index (κ3) is 3.71. The molecule has 3 N–H and O–H groups in total. The van der Waals surface area contributed by atoms with Crippen LogP contribution in [-0.4, -0.2) is 16.3 Å². The summed E-state index contributed by atoms with van der Waals surface area (Å²) in [5.74, 6) is 0. The van der Waals surface area contributed by atoms with Gasteiger partial charge < -0.3 is 15.5 Å². The molecule has 2 rings (SSSR count). The lowest BCUT2D eigenvalue weighted by molar-refractivity contribution is 0.446. The Morgan fingerprint density at radius 2 is 2.25 bits per heavy atom. The van der Waals surface area contributed by atoms with Gasteiger partial charge in [-0.1, -0.05) is 6.92 Å². The zero-order valence-corrected chi connectivity index (χ0v) is 12.2. The second kappa shape index (κ2) is 7.26. The first-order valence-corrected chi connectivity index (χ1v) is 7.21. The Balaban J connectivity index is 1.93. The minimum absolute atomic E-state index is 0.0142. The number of aromatic nitrogens is 2. The molecule has 0 aliphatic heterocycles. The molecule has 0 saturated carbocycles. The van der Waals surface area contributed by atoms with Gasteiger partial charge >= 0.3 is 0 Å². The molecule has 0 aromatic carbocycles. The van der Waals surface area contributed by atoms with Crippen molar-refractivity contribution in [2.45, 2.75) is 38.3 Å². The summed E-state index contributed by atoms with van der Waals surface area (Å²) in [4.78, 5) is 0. The molecule has 20 heavy (non-hydrogen) atoms. The molecule has 2 atom stereocenters. The lowest BCUT2D eigenvalue weighted by Crippen LogP contribution is -2.24. The number of aryl methyl sites for hydroxylation is 1. The van der Waals surface area contributed by atoms with E-state index in [1.807, 2.05) is 30.1 Å². The maximum Gasteiger partial charge on any atom is 0.0950 e. The molecular weight excluding hydrogens is 252 g/mol. The summed E-state index contributed by atoms with van der Waals surface area (Å²) in [6.45, 7) is 3.16. The largest absolute Gasteiger partial charge is 0.472 e. The predicted octanol–water partition coefficient (Wildman–Crippen LogP) is 2.53. The standard InChI is InChI=1S/C15H24N4O/c1-3-8-17-14(12-7-10-20-11-12)5-4-13(16)15-6-9-18-19(15)2/h6-7,9-11,13-14,17H,3-5,8,16H2,1-2H3. The van der Waals surface area contributed by atoms with E-state index in [-0.39, 0.29) is 6.04 Å². The first-order chi connectivity index (χ1) is 9.72. The highest BCUT2D eigenvalue weighted by Gasteiger charge is 2.16. The van der Waals surface area contributed by atoms with Crippen molar-refractivity contribution >= 4 is 0 Å². The maximum absolute atomic E-state index is 6.26.